The molecule has 1 amide bonds. The van der Waals surface area contributed by atoms with E-state index in [0.717, 1.165) is 18.2 Å². The Hall–Kier alpha value is -1.87. The third kappa shape index (κ3) is 4.90. The van der Waals surface area contributed by atoms with Gasteiger partial charge in [-0.3, -0.25) is 4.79 Å². The molecule has 1 heterocycles. The molecule has 0 unspecified atom stereocenters. The molecule has 1 N–H and O–H groups in total. The second kappa shape index (κ2) is 7.28. The van der Waals surface area contributed by atoms with E-state index in [0.29, 0.717) is 6.07 Å². The van der Waals surface area contributed by atoms with Gasteiger partial charge in [-0.25, -0.2) is 4.39 Å². The fraction of sp³-hybridized carbons (Fsp3) is 0.500. The molecule has 0 bridgehead atoms. The molecule has 1 fully saturated rings. The summed E-state index contributed by atoms with van der Waals surface area (Å²) in [6, 6.07) is 2.23. The second-order valence-electron chi connectivity index (χ2n) is 7.45. The number of carbonyl (C=O) groups is 1. The summed E-state index contributed by atoms with van der Waals surface area (Å²) in [6.07, 6.45) is -3.50. The predicted octanol–water partition coefficient (Wildman–Crippen LogP) is 4.00. The minimum absolute atomic E-state index is 0.0973. The summed E-state index contributed by atoms with van der Waals surface area (Å²) in [5, 5.41) is 2.53. The van der Waals surface area contributed by atoms with Gasteiger partial charge in [0.25, 0.3) is 0 Å². The lowest BCUT2D eigenvalue weighted by Crippen LogP contribution is -2.41. The fourth-order valence-electron chi connectivity index (χ4n) is 2.53. The maximum Gasteiger partial charge on any atom is 0.492 e. The Morgan fingerprint density at radius 1 is 1.19 bits per heavy atom. The molecular weight excluding hydrogens is 365 g/mol. The van der Waals surface area contributed by atoms with Crippen LogP contribution in [0.2, 0.25) is 0 Å². The smallest absolute Gasteiger partial charge is 0.400 e. The van der Waals surface area contributed by atoms with Gasteiger partial charge in [0.2, 0.25) is 5.91 Å². The number of amides is 1. The normalized spacial score (nSPS) is 19.3. The zero-order valence-electron chi connectivity index (χ0n) is 15.8. The Kier molecular flexibility index (Phi) is 5.78. The van der Waals surface area contributed by atoms with Gasteiger partial charge in [0, 0.05) is 13.5 Å². The van der Waals surface area contributed by atoms with Crippen LogP contribution in [-0.4, -0.2) is 30.8 Å². The van der Waals surface area contributed by atoms with Gasteiger partial charge < -0.3 is 14.6 Å². The third-order valence-electron chi connectivity index (χ3n) is 4.76. The molecule has 1 aliphatic rings. The molecule has 0 radical (unpaired) electrons. The summed E-state index contributed by atoms with van der Waals surface area (Å²) in [4.78, 5) is 11.3. The molecule has 2 rings (SSSR count). The molecule has 9 heteroatoms. The van der Waals surface area contributed by atoms with Crippen molar-refractivity contribution in [1.29, 1.82) is 0 Å². The maximum absolute atomic E-state index is 13.6. The van der Waals surface area contributed by atoms with E-state index in [9.17, 15) is 22.4 Å². The van der Waals surface area contributed by atoms with Crippen LogP contribution in [0.1, 0.15) is 45.7 Å². The van der Waals surface area contributed by atoms with Gasteiger partial charge in [-0.05, 0) is 56.9 Å². The third-order valence-corrected chi connectivity index (χ3v) is 4.76. The number of hydrogen-bond acceptors (Lipinski definition) is 3. The van der Waals surface area contributed by atoms with Crippen molar-refractivity contribution in [1.82, 2.24) is 5.32 Å². The molecule has 0 spiro atoms. The second-order valence-corrected chi connectivity index (χ2v) is 7.45. The number of alkyl halides is 3. The van der Waals surface area contributed by atoms with Gasteiger partial charge in [0.05, 0.1) is 16.8 Å². The highest BCUT2D eigenvalue weighted by atomic mass is 19.4. The van der Waals surface area contributed by atoms with E-state index in [1.165, 1.54) is 6.92 Å². The zero-order chi connectivity index (χ0) is 20.6. The van der Waals surface area contributed by atoms with Crippen molar-refractivity contribution in [2.24, 2.45) is 0 Å². The predicted molar refractivity (Wildman–Crippen MR) is 94.1 cm³/mol. The van der Waals surface area contributed by atoms with E-state index >= 15 is 0 Å². The first-order valence-electron chi connectivity index (χ1n) is 8.40. The molecular formula is C18H22BF4NO3. The fourth-order valence-corrected chi connectivity index (χ4v) is 2.53. The monoisotopic (exact) mass is 387 g/mol. The Morgan fingerprint density at radius 2 is 1.74 bits per heavy atom. The van der Waals surface area contributed by atoms with Crippen molar-refractivity contribution in [2.75, 3.05) is 6.54 Å². The highest BCUT2D eigenvalue weighted by Crippen LogP contribution is 2.39. The van der Waals surface area contributed by atoms with Gasteiger partial charge in [-0.2, -0.15) is 13.2 Å². The van der Waals surface area contributed by atoms with Crippen LogP contribution in [-0.2, 0) is 20.3 Å². The van der Waals surface area contributed by atoms with Crippen molar-refractivity contribution in [3.05, 3.63) is 40.6 Å². The average Bonchev–Trinajstić information content (AvgIpc) is 2.70. The summed E-state index contributed by atoms with van der Waals surface area (Å²) >= 11 is 0. The van der Waals surface area contributed by atoms with Crippen LogP contribution in [0.4, 0.5) is 17.6 Å². The van der Waals surface area contributed by atoms with Gasteiger partial charge in [0.15, 0.2) is 0 Å². The van der Waals surface area contributed by atoms with Crippen molar-refractivity contribution in [3.8, 4) is 0 Å². The molecule has 1 saturated heterocycles. The molecule has 0 aliphatic carbocycles. The van der Waals surface area contributed by atoms with Crippen LogP contribution in [0.5, 0.6) is 0 Å². The first kappa shape index (κ1) is 21.4. The Balaban J connectivity index is 2.50. The summed E-state index contributed by atoms with van der Waals surface area (Å²) in [7, 11) is -0.980. The van der Waals surface area contributed by atoms with Crippen molar-refractivity contribution in [3.63, 3.8) is 0 Å². The van der Waals surface area contributed by atoms with Crippen LogP contribution < -0.4 is 5.32 Å². The molecule has 1 aliphatic heterocycles. The number of hydrogen-bond donors (Lipinski definition) is 1. The van der Waals surface area contributed by atoms with E-state index in [4.69, 9.17) is 9.31 Å². The zero-order valence-corrected chi connectivity index (χ0v) is 15.8. The largest absolute Gasteiger partial charge is 0.492 e. The minimum Gasteiger partial charge on any atom is -0.400 e. The van der Waals surface area contributed by atoms with Crippen molar-refractivity contribution >= 4 is 19.1 Å². The number of benzene rings is 1. The molecule has 1 aromatic rings. The molecule has 1 aromatic carbocycles. The SMILES string of the molecule is CC(=O)NCC(=Cc1cc(F)ccc1C(F)(F)F)B1OC(C)(C)C(C)(C)O1. The Labute approximate surface area is 156 Å². The standard InChI is InChI=1S/C18H22BF4NO3/c1-11(25)24-10-13(19-26-16(2,3)17(4,5)27-19)8-12-9-14(20)6-7-15(12)18(21,22)23/h6-9H,10H2,1-5H3,(H,24,25). The summed E-state index contributed by atoms with van der Waals surface area (Å²) in [5.41, 5.74) is -2.54. The lowest BCUT2D eigenvalue weighted by Gasteiger charge is -2.32. The highest BCUT2D eigenvalue weighted by molar-refractivity contribution is 6.56. The average molecular weight is 387 g/mol. The number of halogens is 4. The summed E-state index contributed by atoms with van der Waals surface area (Å²) < 4.78 is 65.2. The summed E-state index contributed by atoms with van der Waals surface area (Å²) in [6.45, 7) is 8.38. The molecule has 0 saturated carbocycles. The molecule has 0 aromatic heterocycles. The minimum atomic E-state index is -4.66. The topological polar surface area (TPSA) is 47.6 Å². The van der Waals surface area contributed by atoms with E-state index < -0.39 is 35.9 Å². The van der Waals surface area contributed by atoms with E-state index in [1.807, 2.05) is 0 Å². The summed E-state index contributed by atoms with van der Waals surface area (Å²) in [5.74, 6) is -1.17. The Morgan fingerprint density at radius 3 is 2.22 bits per heavy atom. The van der Waals surface area contributed by atoms with Crippen LogP contribution in [0.3, 0.4) is 0 Å². The lowest BCUT2D eigenvalue weighted by atomic mass is 9.76. The number of rotatable bonds is 4. The van der Waals surface area contributed by atoms with E-state index in [1.54, 1.807) is 27.7 Å². The Bertz CT molecular complexity index is 743. The van der Waals surface area contributed by atoms with Crippen LogP contribution in [0.15, 0.2) is 23.7 Å². The molecule has 27 heavy (non-hydrogen) atoms. The maximum atomic E-state index is 13.6. The first-order chi connectivity index (χ1) is 12.2. The highest BCUT2D eigenvalue weighted by Gasteiger charge is 2.52. The van der Waals surface area contributed by atoms with Gasteiger partial charge in [-0.1, -0.05) is 6.08 Å². The van der Waals surface area contributed by atoms with E-state index in [-0.39, 0.29) is 23.5 Å². The van der Waals surface area contributed by atoms with Gasteiger partial charge in [0.1, 0.15) is 5.82 Å². The van der Waals surface area contributed by atoms with Crippen LogP contribution in [0, 0.1) is 5.82 Å². The van der Waals surface area contributed by atoms with Gasteiger partial charge >= 0.3 is 13.3 Å². The van der Waals surface area contributed by atoms with Crippen LogP contribution >= 0.6 is 0 Å². The quantitative estimate of drug-likeness (QED) is 0.628. The van der Waals surface area contributed by atoms with Crippen molar-refractivity contribution in [2.45, 2.75) is 52.0 Å². The van der Waals surface area contributed by atoms with Gasteiger partial charge in [-0.15, -0.1) is 0 Å². The lowest BCUT2D eigenvalue weighted by molar-refractivity contribution is -0.137. The number of nitrogens with one attached hydrogen (secondary N) is 1. The number of carbonyl (C=O) groups excluding carboxylic acids is 1. The first-order valence-corrected chi connectivity index (χ1v) is 8.40. The molecule has 4 nitrogen and oxygen atoms in total. The molecule has 0 atom stereocenters. The van der Waals surface area contributed by atoms with Crippen molar-refractivity contribution < 1.29 is 31.7 Å². The van der Waals surface area contributed by atoms with Crippen LogP contribution in [0.25, 0.3) is 6.08 Å². The molecule has 148 valence electrons. The van der Waals surface area contributed by atoms with E-state index in [2.05, 4.69) is 5.32 Å².